The lowest BCUT2D eigenvalue weighted by molar-refractivity contribution is 0.0237. The number of aromatic amines is 1. The molecular formula is C20H25N3O3. The first-order valence-electron chi connectivity index (χ1n) is 8.95. The molecule has 3 rings (SSSR count). The van der Waals surface area contributed by atoms with Crippen molar-refractivity contribution in [2.45, 2.75) is 52.2 Å². The van der Waals surface area contributed by atoms with Crippen LogP contribution < -0.4 is 5.32 Å². The van der Waals surface area contributed by atoms with E-state index in [0.29, 0.717) is 41.8 Å². The average molecular weight is 355 g/mol. The number of pyridine rings is 1. The molecule has 6 nitrogen and oxygen atoms in total. The highest BCUT2D eigenvalue weighted by Crippen LogP contribution is 2.32. The lowest BCUT2D eigenvalue weighted by Crippen LogP contribution is -2.48. The van der Waals surface area contributed by atoms with Crippen molar-refractivity contribution in [3.05, 3.63) is 52.6 Å². The zero-order chi connectivity index (χ0) is 18.8. The Hall–Kier alpha value is -2.47. The minimum absolute atomic E-state index is 0.0863. The minimum atomic E-state index is -0.289. The molecule has 1 saturated carbocycles. The summed E-state index contributed by atoms with van der Waals surface area (Å²) in [7, 11) is 0. The number of H-pyrrole nitrogens is 1. The summed E-state index contributed by atoms with van der Waals surface area (Å²) in [6, 6.07) is 5.63. The first-order valence-corrected chi connectivity index (χ1v) is 8.95. The number of rotatable bonds is 6. The molecule has 0 radical (unpaired) electrons. The van der Waals surface area contributed by atoms with Gasteiger partial charge in [0, 0.05) is 37.0 Å². The molecule has 26 heavy (non-hydrogen) atoms. The summed E-state index contributed by atoms with van der Waals surface area (Å²) >= 11 is 0. The van der Waals surface area contributed by atoms with Gasteiger partial charge in [-0.3, -0.25) is 14.6 Å². The highest BCUT2D eigenvalue weighted by Gasteiger charge is 2.35. The molecule has 2 aromatic heterocycles. The molecule has 138 valence electrons. The van der Waals surface area contributed by atoms with Gasteiger partial charge in [-0.05, 0) is 50.3 Å². The number of aromatic nitrogens is 2. The van der Waals surface area contributed by atoms with Crippen molar-refractivity contribution < 1.29 is 14.7 Å². The van der Waals surface area contributed by atoms with Gasteiger partial charge in [0.2, 0.25) is 0 Å². The first kappa shape index (κ1) is 18.3. The van der Waals surface area contributed by atoms with Crippen LogP contribution in [0.25, 0.3) is 0 Å². The third kappa shape index (κ3) is 3.70. The van der Waals surface area contributed by atoms with E-state index in [1.807, 2.05) is 18.2 Å². The molecule has 1 fully saturated rings. The van der Waals surface area contributed by atoms with E-state index >= 15 is 0 Å². The summed E-state index contributed by atoms with van der Waals surface area (Å²) in [6.45, 7) is 5.07. The van der Waals surface area contributed by atoms with E-state index < -0.39 is 0 Å². The lowest BCUT2D eigenvalue weighted by atomic mass is 9.75. The van der Waals surface area contributed by atoms with E-state index in [2.05, 4.69) is 15.3 Å². The van der Waals surface area contributed by atoms with E-state index in [0.717, 1.165) is 5.69 Å². The Morgan fingerprint density at radius 2 is 2.08 bits per heavy atom. The van der Waals surface area contributed by atoms with Crippen LogP contribution in [0.1, 0.15) is 57.6 Å². The van der Waals surface area contributed by atoms with Crippen molar-refractivity contribution >= 4 is 11.7 Å². The SMILES string of the molecule is CC(=O)c1[nH]c(C)c(C(=O)N[C@@H](Cc2ccccn2)C2CC(O)C2)c1C. The Morgan fingerprint density at radius 3 is 2.62 bits per heavy atom. The molecule has 0 bridgehead atoms. The largest absolute Gasteiger partial charge is 0.393 e. The number of nitrogens with zero attached hydrogens (tertiary/aromatic N) is 1. The monoisotopic (exact) mass is 355 g/mol. The molecule has 0 aromatic carbocycles. The van der Waals surface area contributed by atoms with Crippen LogP contribution in [0.4, 0.5) is 0 Å². The minimum Gasteiger partial charge on any atom is -0.393 e. The van der Waals surface area contributed by atoms with Gasteiger partial charge in [-0.15, -0.1) is 0 Å². The maximum atomic E-state index is 12.9. The van der Waals surface area contributed by atoms with Crippen molar-refractivity contribution in [1.82, 2.24) is 15.3 Å². The Labute approximate surface area is 153 Å². The quantitative estimate of drug-likeness (QED) is 0.693. The van der Waals surface area contributed by atoms with Crippen LogP contribution in [0.3, 0.4) is 0 Å². The van der Waals surface area contributed by atoms with Gasteiger partial charge in [-0.1, -0.05) is 6.07 Å². The van der Waals surface area contributed by atoms with Crippen LogP contribution >= 0.6 is 0 Å². The van der Waals surface area contributed by atoms with Crippen LogP contribution in [0.15, 0.2) is 24.4 Å². The Morgan fingerprint density at radius 1 is 1.35 bits per heavy atom. The van der Waals surface area contributed by atoms with Crippen LogP contribution in [0.5, 0.6) is 0 Å². The van der Waals surface area contributed by atoms with E-state index in [4.69, 9.17) is 0 Å². The molecule has 2 aromatic rings. The normalized spacial score (nSPS) is 20.3. The number of hydrogen-bond donors (Lipinski definition) is 3. The standard InChI is InChI=1S/C20H25N3O3/c1-11-18(12(2)22-19(11)13(3)24)20(26)23-17(14-8-16(25)9-14)10-15-6-4-5-7-21-15/h4-7,14,16-17,22,25H,8-10H2,1-3H3,(H,23,26)/t14?,16?,17-/m0/s1. The van der Waals surface area contributed by atoms with Crippen LogP contribution in [-0.2, 0) is 6.42 Å². The smallest absolute Gasteiger partial charge is 0.253 e. The van der Waals surface area contributed by atoms with Crippen molar-refractivity contribution in [2.75, 3.05) is 0 Å². The number of carbonyl (C=O) groups is 2. The summed E-state index contributed by atoms with van der Waals surface area (Å²) in [6.07, 6.45) is 3.43. The third-order valence-electron chi connectivity index (χ3n) is 5.21. The third-order valence-corrected chi connectivity index (χ3v) is 5.21. The fourth-order valence-electron chi connectivity index (χ4n) is 3.72. The van der Waals surface area contributed by atoms with E-state index in [9.17, 15) is 14.7 Å². The molecule has 1 amide bonds. The first-order chi connectivity index (χ1) is 12.4. The summed E-state index contributed by atoms with van der Waals surface area (Å²) < 4.78 is 0. The Balaban J connectivity index is 1.80. The Kier molecular flexibility index (Phi) is 5.23. The topological polar surface area (TPSA) is 95.1 Å². The number of ketones is 1. The number of nitrogens with one attached hydrogen (secondary N) is 2. The zero-order valence-electron chi connectivity index (χ0n) is 15.4. The lowest BCUT2D eigenvalue weighted by Gasteiger charge is -2.38. The Bertz CT molecular complexity index is 807. The number of carbonyl (C=O) groups excluding carboxylic acids is 2. The molecule has 6 heteroatoms. The summed E-state index contributed by atoms with van der Waals surface area (Å²) in [5.74, 6) is -0.0503. The van der Waals surface area contributed by atoms with Gasteiger partial charge in [-0.2, -0.15) is 0 Å². The highest BCUT2D eigenvalue weighted by molar-refractivity contribution is 6.02. The van der Waals surface area contributed by atoms with Crippen molar-refractivity contribution in [3.63, 3.8) is 0 Å². The van der Waals surface area contributed by atoms with Crippen LogP contribution in [-0.4, -0.2) is 38.9 Å². The summed E-state index contributed by atoms with van der Waals surface area (Å²) in [5.41, 5.74) is 3.29. The predicted molar refractivity (Wildman–Crippen MR) is 98.2 cm³/mol. The second-order valence-electron chi connectivity index (χ2n) is 7.17. The molecular weight excluding hydrogens is 330 g/mol. The highest BCUT2D eigenvalue weighted by atomic mass is 16.3. The van der Waals surface area contributed by atoms with Crippen LogP contribution in [0.2, 0.25) is 0 Å². The molecule has 1 aliphatic carbocycles. The molecule has 0 aliphatic heterocycles. The van der Waals surface area contributed by atoms with Crippen molar-refractivity contribution in [2.24, 2.45) is 5.92 Å². The van der Waals surface area contributed by atoms with Gasteiger partial charge >= 0.3 is 0 Å². The second-order valence-corrected chi connectivity index (χ2v) is 7.17. The maximum absolute atomic E-state index is 12.9. The fraction of sp³-hybridized carbons (Fsp3) is 0.450. The number of amides is 1. The van der Waals surface area contributed by atoms with Gasteiger partial charge in [0.05, 0.1) is 17.4 Å². The zero-order valence-corrected chi connectivity index (χ0v) is 15.4. The van der Waals surface area contributed by atoms with Crippen molar-refractivity contribution in [1.29, 1.82) is 0 Å². The number of aliphatic hydroxyl groups excluding tert-OH is 1. The number of Topliss-reactive ketones (excluding diaryl/α,β-unsaturated/α-hetero) is 1. The summed E-state index contributed by atoms with van der Waals surface area (Å²) in [4.78, 5) is 32.0. The van der Waals surface area contributed by atoms with Crippen molar-refractivity contribution in [3.8, 4) is 0 Å². The predicted octanol–water partition coefficient (Wildman–Crippen LogP) is 2.34. The van der Waals surface area contributed by atoms with Gasteiger partial charge in [0.15, 0.2) is 5.78 Å². The van der Waals surface area contributed by atoms with Crippen LogP contribution in [0, 0.1) is 19.8 Å². The van der Waals surface area contributed by atoms with Gasteiger partial charge < -0.3 is 15.4 Å². The van der Waals surface area contributed by atoms with E-state index in [1.165, 1.54) is 6.92 Å². The number of aryl methyl sites for hydroxylation is 1. The van der Waals surface area contributed by atoms with Gasteiger partial charge in [0.1, 0.15) is 0 Å². The molecule has 3 N–H and O–H groups in total. The van der Waals surface area contributed by atoms with Gasteiger partial charge in [0.25, 0.3) is 5.91 Å². The second kappa shape index (κ2) is 7.41. The fourth-order valence-corrected chi connectivity index (χ4v) is 3.72. The summed E-state index contributed by atoms with van der Waals surface area (Å²) in [5, 5.41) is 12.8. The maximum Gasteiger partial charge on any atom is 0.253 e. The van der Waals surface area contributed by atoms with E-state index in [-0.39, 0.29) is 29.8 Å². The van der Waals surface area contributed by atoms with E-state index in [1.54, 1.807) is 20.0 Å². The molecule has 0 spiro atoms. The molecule has 1 aliphatic rings. The number of aliphatic hydroxyl groups is 1. The number of hydrogen-bond acceptors (Lipinski definition) is 4. The van der Waals surface area contributed by atoms with Gasteiger partial charge in [-0.25, -0.2) is 0 Å². The molecule has 1 atom stereocenters. The average Bonchev–Trinajstić information content (AvgIpc) is 2.87. The molecule has 2 heterocycles. The molecule has 0 saturated heterocycles. The molecule has 0 unspecified atom stereocenters.